The number of hydrogen-bond donors (Lipinski definition) is 2. The van der Waals surface area contributed by atoms with E-state index in [1.807, 2.05) is 24.3 Å². The first-order chi connectivity index (χ1) is 7.15. The Morgan fingerprint density at radius 3 is 2.69 bits per heavy atom. The van der Waals surface area contributed by atoms with Crippen LogP contribution in [0.4, 0.5) is 0 Å². The molecule has 0 aliphatic carbocycles. The van der Waals surface area contributed by atoms with Crippen molar-refractivity contribution in [3.63, 3.8) is 0 Å². The van der Waals surface area contributed by atoms with Crippen LogP contribution >= 0.6 is 12.4 Å². The van der Waals surface area contributed by atoms with E-state index in [2.05, 4.69) is 5.32 Å². The standard InChI is InChI=1S/C11H15NO3.ClH/c1-8(11(13)14)12-7-9-5-3-4-6-10(9)15-2;/h3-6,8,12H,7H2,1-2H3,(H,13,14);1H. The van der Waals surface area contributed by atoms with Crippen LogP contribution in [0.3, 0.4) is 0 Å². The summed E-state index contributed by atoms with van der Waals surface area (Å²) in [4.78, 5) is 10.6. The summed E-state index contributed by atoms with van der Waals surface area (Å²) in [7, 11) is 1.60. The zero-order valence-corrected chi connectivity index (χ0v) is 10.1. The van der Waals surface area contributed by atoms with Gasteiger partial charge in [0.1, 0.15) is 11.8 Å². The average Bonchev–Trinajstić information content (AvgIpc) is 2.26. The fourth-order valence-electron chi connectivity index (χ4n) is 1.20. The van der Waals surface area contributed by atoms with E-state index >= 15 is 0 Å². The van der Waals surface area contributed by atoms with Crippen LogP contribution in [0.5, 0.6) is 5.75 Å². The van der Waals surface area contributed by atoms with E-state index in [0.29, 0.717) is 6.54 Å². The average molecular weight is 246 g/mol. The van der Waals surface area contributed by atoms with Gasteiger partial charge in [0.15, 0.2) is 0 Å². The number of carbonyl (C=O) groups is 1. The number of rotatable bonds is 5. The van der Waals surface area contributed by atoms with Crippen LogP contribution in [0.15, 0.2) is 24.3 Å². The van der Waals surface area contributed by atoms with Gasteiger partial charge < -0.3 is 15.2 Å². The second-order valence-corrected chi connectivity index (χ2v) is 3.25. The van der Waals surface area contributed by atoms with Crippen LogP contribution in [0.2, 0.25) is 0 Å². The molecule has 0 saturated heterocycles. The third-order valence-corrected chi connectivity index (χ3v) is 2.16. The Morgan fingerprint density at radius 2 is 2.12 bits per heavy atom. The highest BCUT2D eigenvalue weighted by Gasteiger charge is 2.10. The maximum atomic E-state index is 10.6. The minimum atomic E-state index is -0.857. The second kappa shape index (κ2) is 7.09. The van der Waals surface area contributed by atoms with Gasteiger partial charge >= 0.3 is 5.97 Å². The lowest BCUT2D eigenvalue weighted by atomic mass is 10.2. The Labute approximate surface area is 101 Å². The van der Waals surface area contributed by atoms with E-state index in [1.165, 1.54) is 0 Å². The lowest BCUT2D eigenvalue weighted by molar-refractivity contribution is -0.139. The summed E-state index contributed by atoms with van der Waals surface area (Å²) < 4.78 is 5.15. The second-order valence-electron chi connectivity index (χ2n) is 3.25. The normalized spacial score (nSPS) is 11.4. The number of ether oxygens (including phenoxy) is 1. The highest BCUT2D eigenvalue weighted by molar-refractivity contribution is 5.85. The van der Waals surface area contributed by atoms with Crippen LogP contribution < -0.4 is 10.1 Å². The van der Waals surface area contributed by atoms with Gasteiger partial charge in [-0.05, 0) is 13.0 Å². The van der Waals surface area contributed by atoms with Crippen molar-refractivity contribution in [3.05, 3.63) is 29.8 Å². The molecule has 0 bridgehead atoms. The molecule has 1 aromatic carbocycles. The summed E-state index contributed by atoms with van der Waals surface area (Å²) in [6.07, 6.45) is 0. The first kappa shape index (κ1) is 14.7. The largest absolute Gasteiger partial charge is 0.496 e. The van der Waals surface area contributed by atoms with E-state index < -0.39 is 12.0 Å². The van der Waals surface area contributed by atoms with Crippen molar-refractivity contribution in [2.75, 3.05) is 7.11 Å². The van der Waals surface area contributed by atoms with Gasteiger partial charge in [-0.3, -0.25) is 4.79 Å². The number of para-hydroxylation sites is 1. The number of carboxylic acid groups (broad SMARTS) is 1. The molecule has 2 N–H and O–H groups in total. The highest BCUT2D eigenvalue weighted by atomic mass is 35.5. The van der Waals surface area contributed by atoms with Gasteiger partial charge in [-0.1, -0.05) is 18.2 Å². The van der Waals surface area contributed by atoms with Gasteiger partial charge in [0.25, 0.3) is 0 Å². The number of hydrogen-bond acceptors (Lipinski definition) is 3. The fourth-order valence-corrected chi connectivity index (χ4v) is 1.20. The zero-order chi connectivity index (χ0) is 11.3. The number of benzene rings is 1. The van der Waals surface area contributed by atoms with Crippen LogP contribution in [-0.4, -0.2) is 24.2 Å². The fraction of sp³-hybridized carbons (Fsp3) is 0.364. The third-order valence-electron chi connectivity index (χ3n) is 2.16. The van der Waals surface area contributed by atoms with Crippen LogP contribution in [-0.2, 0) is 11.3 Å². The van der Waals surface area contributed by atoms with Crippen molar-refractivity contribution in [2.45, 2.75) is 19.5 Å². The van der Waals surface area contributed by atoms with E-state index in [-0.39, 0.29) is 12.4 Å². The Bertz CT molecular complexity index is 344. The van der Waals surface area contributed by atoms with E-state index in [4.69, 9.17) is 9.84 Å². The van der Waals surface area contributed by atoms with Gasteiger partial charge in [-0.2, -0.15) is 0 Å². The van der Waals surface area contributed by atoms with Crippen molar-refractivity contribution < 1.29 is 14.6 Å². The molecule has 90 valence electrons. The Hall–Kier alpha value is -1.26. The summed E-state index contributed by atoms with van der Waals surface area (Å²) in [5.74, 6) is -0.0903. The lowest BCUT2D eigenvalue weighted by Gasteiger charge is -2.11. The van der Waals surface area contributed by atoms with Crippen LogP contribution in [0, 0.1) is 0 Å². The van der Waals surface area contributed by atoms with Crippen molar-refractivity contribution in [1.82, 2.24) is 5.32 Å². The minimum absolute atomic E-state index is 0. The van der Waals surface area contributed by atoms with Gasteiger partial charge in [-0.15, -0.1) is 12.4 Å². The molecule has 0 radical (unpaired) electrons. The molecule has 0 heterocycles. The minimum Gasteiger partial charge on any atom is -0.496 e. The van der Waals surface area contributed by atoms with E-state index in [1.54, 1.807) is 14.0 Å². The summed E-state index contributed by atoms with van der Waals surface area (Å²) in [5.41, 5.74) is 0.952. The summed E-state index contributed by atoms with van der Waals surface area (Å²) >= 11 is 0. The van der Waals surface area contributed by atoms with Crippen molar-refractivity contribution in [2.24, 2.45) is 0 Å². The Balaban J connectivity index is 0.00000225. The topological polar surface area (TPSA) is 58.6 Å². The summed E-state index contributed by atoms with van der Waals surface area (Å²) in [6.45, 7) is 2.09. The number of carboxylic acids is 1. The third kappa shape index (κ3) is 4.08. The Kier molecular flexibility index (Phi) is 6.53. The maximum absolute atomic E-state index is 10.6. The summed E-state index contributed by atoms with van der Waals surface area (Å²) in [6, 6.07) is 6.96. The maximum Gasteiger partial charge on any atom is 0.320 e. The lowest BCUT2D eigenvalue weighted by Crippen LogP contribution is -2.33. The molecule has 0 aliphatic heterocycles. The quantitative estimate of drug-likeness (QED) is 0.829. The molecule has 0 spiro atoms. The predicted molar refractivity (Wildman–Crippen MR) is 64.2 cm³/mol. The smallest absolute Gasteiger partial charge is 0.320 e. The molecule has 0 amide bonds. The monoisotopic (exact) mass is 245 g/mol. The molecule has 5 heteroatoms. The zero-order valence-electron chi connectivity index (χ0n) is 9.27. The van der Waals surface area contributed by atoms with E-state index in [9.17, 15) is 4.79 Å². The first-order valence-electron chi connectivity index (χ1n) is 4.73. The number of methoxy groups -OCH3 is 1. The van der Waals surface area contributed by atoms with Gasteiger partial charge in [0, 0.05) is 12.1 Å². The first-order valence-corrected chi connectivity index (χ1v) is 4.73. The number of halogens is 1. The van der Waals surface area contributed by atoms with Crippen molar-refractivity contribution in [3.8, 4) is 5.75 Å². The highest BCUT2D eigenvalue weighted by Crippen LogP contribution is 2.16. The van der Waals surface area contributed by atoms with E-state index in [0.717, 1.165) is 11.3 Å². The van der Waals surface area contributed by atoms with Gasteiger partial charge in [-0.25, -0.2) is 0 Å². The number of nitrogens with one attached hydrogen (secondary N) is 1. The molecule has 1 unspecified atom stereocenters. The molecule has 0 aromatic heterocycles. The molecular formula is C11H16ClNO3. The van der Waals surface area contributed by atoms with Crippen LogP contribution in [0.25, 0.3) is 0 Å². The molecular weight excluding hydrogens is 230 g/mol. The molecule has 0 saturated carbocycles. The van der Waals surface area contributed by atoms with Crippen molar-refractivity contribution in [1.29, 1.82) is 0 Å². The van der Waals surface area contributed by atoms with Crippen LogP contribution in [0.1, 0.15) is 12.5 Å². The molecule has 1 aromatic rings. The summed E-state index contributed by atoms with van der Waals surface area (Å²) in [5, 5.41) is 11.6. The molecule has 0 fully saturated rings. The predicted octanol–water partition coefficient (Wildman–Crippen LogP) is 1.68. The molecule has 0 aliphatic rings. The van der Waals surface area contributed by atoms with Crippen molar-refractivity contribution >= 4 is 18.4 Å². The van der Waals surface area contributed by atoms with Gasteiger partial charge in [0.05, 0.1) is 7.11 Å². The molecule has 1 atom stereocenters. The Morgan fingerprint density at radius 1 is 1.50 bits per heavy atom. The molecule has 4 nitrogen and oxygen atoms in total. The van der Waals surface area contributed by atoms with Gasteiger partial charge in [0.2, 0.25) is 0 Å². The number of aliphatic carboxylic acids is 1. The molecule has 16 heavy (non-hydrogen) atoms. The SMILES string of the molecule is COc1ccccc1CNC(C)C(=O)O.Cl. The molecule has 1 rings (SSSR count).